The summed E-state index contributed by atoms with van der Waals surface area (Å²) in [5.41, 5.74) is 1.61. The van der Waals surface area contributed by atoms with Crippen molar-refractivity contribution in [2.24, 2.45) is 0 Å². The van der Waals surface area contributed by atoms with E-state index in [9.17, 15) is 0 Å². The fourth-order valence-electron chi connectivity index (χ4n) is 4.46. The molecule has 0 aromatic heterocycles. The van der Waals surface area contributed by atoms with Crippen LogP contribution in [0.15, 0.2) is 78.9 Å². The van der Waals surface area contributed by atoms with Crippen molar-refractivity contribution >= 4 is 23.8 Å². The van der Waals surface area contributed by atoms with Crippen molar-refractivity contribution < 1.29 is 28.4 Å². The van der Waals surface area contributed by atoms with Gasteiger partial charge in [-0.15, -0.1) is 0 Å². The van der Waals surface area contributed by atoms with E-state index in [1.165, 1.54) is 10.6 Å². The number of ether oxygens (including phenoxy) is 6. The molecule has 0 N–H and O–H groups in total. The lowest BCUT2D eigenvalue weighted by Crippen LogP contribution is -2.23. The summed E-state index contributed by atoms with van der Waals surface area (Å²) in [5.74, 6) is 3.21. The van der Waals surface area contributed by atoms with Gasteiger partial charge in [-0.05, 0) is 36.7 Å². The molecule has 0 heterocycles. The van der Waals surface area contributed by atoms with E-state index in [1.54, 1.807) is 42.7 Å². The van der Waals surface area contributed by atoms with Crippen molar-refractivity contribution in [1.29, 1.82) is 0 Å². The molecule has 0 saturated heterocycles. The van der Waals surface area contributed by atoms with Gasteiger partial charge in [0.25, 0.3) is 0 Å². The highest BCUT2D eigenvalue weighted by Crippen LogP contribution is 2.53. The first-order valence-corrected chi connectivity index (χ1v) is 13.0. The first kappa shape index (κ1) is 26.2. The molecule has 37 heavy (non-hydrogen) atoms. The predicted molar refractivity (Wildman–Crippen MR) is 150 cm³/mol. The van der Waals surface area contributed by atoms with E-state index in [1.807, 2.05) is 30.3 Å². The maximum Gasteiger partial charge on any atom is 0.203 e. The van der Waals surface area contributed by atoms with E-state index in [0.29, 0.717) is 34.5 Å². The highest BCUT2D eigenvalue weighted by Gasteiger charge is 2.31. The molecule has 0 atom stereocenters. The quantitative estimate of drug-likeness (QED) is 0.270. The van der Waals surface area contributed by atoms with E-state index in [4.69, 9.17) is 28.4 Å². The van der Waals surface area contributed by atoms with Gasteiger partial charge in [-0.3, -0.25) is 0 Å². The van der Waals surface area contributed by atoms with Gasteiger partial charge in [0.1, 0.15) is 0 Å². The highest BCUT2D eigenvalue weighted by atomic mass is 31.1. The number of hydrogen-bond acceptors (Lipinski definition) is 6. The third-order valence-corrected chi connectivity index (χ3v) is 8.52. The minimum atomic E-state index is -1.04. The van der Waals surface area contributed by atoms with Crippen molar-refractivity contribution in [2.75, 3.05) is 42.7 Å². The van der Waals surface area contributed by atoms with Crippen LogP contribution >= 0.6 is 7.92 Å². The summed E-state index contributed by atoms with van der Waals surface area (Å²) in [6.07, 6.45) is 0. The molecule has 0 aliphatic heterocycles. The van der Waals surface area contributed by atoms with Gasteiger partial charge >= 0.3 is 0 Å². The molecule has 0 radical (unpaired) electrons. The fourth-order valence-corrected chi connectivity index (χ4v) is 6.95. The normalized spacial score (nSPS) is 10.7. The van der Waals surface area contributed by atoms with Crippen LogP contribution in [0, 0.1) is 0 Å². The molecular formula is C30H31O6P. The van der Waals surface area contributed by atoms with Crippen LogP contribution < -0.4 is 44.3 Å². The van der Waals surface area contributed by atoms with Gasteiger partial charge in [0.15, 0.2) is 23.0 Å². The van der Waals surface area contributed by atoms with E-state index in [-0.39, 0.29) is 0 Å². The number of benzene rings is 4. The van der Waals surface area contributed by atoms with Crippen molar-refractivity contribution in [3.05, 3.63) is 78.9 Å². The standard InChI is InChI=1S/C30H31O6P/c1-31-23-18-17-22(27(33-3)28(23)34-4)26-25(19-24(32-2)29(35-5)30(26)36-6)37(20-13-9-7-10-14-20)21-15-11-8-12-16-21/h7-19H,1-6H3. The molecule has 0 bridgehead atoms. The number of methoxy groups -OCH3 is 6. The van der Waals surface area contributed by atoms with E-state index < -0.39 is 7.92 Å². The van der Waals surface area contributed by atoms with E-state index in [2.05, 4.69) is 48.5 Å². The molecule has 192 valence electrons. The van der Waals surface area contributed by atoms with Crippen LogP contribution in [0.4, 0.5) is 0 Å². The Hall–Kier alpha value is -3.89. The number of rotatable bonds is 10. The van der Waals surface area contributed by atoms with Crippen molar-refractivity contribution in [2.45, 2.75) is 0 Å². The average Bonchev–Trinajstić information content (AvgIpc) is 2.96. The van der Waals surface area contributed by atoms with Gasteiger partial charge in [-0.25, -0.2) is 0 Å². The highest BCUT2D eigenvalue weighted by molar-refractivity contribution is 7.80. The Morgan fingerprint density at radius 3 is 1.41 bits per heavy atom. The number of hydrogen-bond donors (Lipinski definition) is 0. The summed E-state index contributed by atoms with van der Waals surface area (Å²) in [4.78, 5) is 0. The van der Waals surface area contributed by atoms with Crippen LogP contribution in [-0.4, -0.2) is 42.7 Å². The fraction of sp³-hybridized carbons (Fsp3) is 0.200. The lowest BCUT2D eigenvalue weighted by molar-refractivity contribution is 0.322. The van der Waals surface area contributed by atoms with Crippen LogP contribution in [-0.2, 0) is 0 Å². The molecule has 4 aromatic rings. The Morgan fingerprint density at radius 1 is 0.459 bits per heavy atom. The van der Waals surface area contributed by atoms with Gasteiger partial charge in [0, 0.05) is 16.4 Å². The molecule has 0 fully saturated rings. The lowest BCUT2D eigenvalue weighted by atomic mass is 10.0. The zero-order chi connectivity index (χ0) is 26.4. The van der Waals surface area contributed by atoms with Crippen LogP contribution in [0.1, 0.15) is 0 Å². The van der Waals surface area contributed by atoms with E-state index >= 15 is 0 Å². The summed E-state index contributed by atoms with van der Waals surface area (Å²) in [7, 11) is 8.64. The molecule has 6 nitrogen and oxygen atoms in total. The maximum absolute atomic E-state index is 6.03. The second kappa shape index (κ2) is 11.9. The third kappa shape index (κ3) is 4.90. The Kier molecular flexibility index (Phi) is 8.42. The van der Waals surface area contributed by atoms with Gasteiger partial charge < -0.3 is 28.4 Å². The molecule has 0 spiro atoms. The largest absolute Gasteiger partial charge is 0.493 e. The molecule has 0 aliphatic carbocycles. The Morgan fingerprint density at radius 2 is 0.946 bits per heavy atom. The Labute approximate surface area is 219 Å². The topological polar surface area (TPSA) is 55.4 Å². The first-order chi connectivity index (χ1) is 18.1. The van der Waals surface area contributed by atoms with Crippen LogP contribution in [0.3, 0.4) is 0 Å². The SMILES string of the molecule is COc1ccc(-c2c(P(c3ccccc3)c3ccccc3)cc(OC)c(OC)c2OC)c(OC)c1OC. The molecular weight excluding hydrogens is 487 g/mol. The minimum Gasteiger partial charge on any atom is -0.493 e. The maximum atomic E-state index is 6.03. The molecule has 0 aliphatic rings. The third-order valence-electron chi connectivity index (χ3n) is 6.05. The molecule has 0 saturated carbocycles. The van der Waals surface area contributed by atoms with Gasteiger partial charge in [0.05, 0.1) is 42.7 Å². The van der Waals surface area contributed by atoms with Gasteiger partial charge in [0.2, 0.25) is 11.5 Å². The van der Waals surface area contributed by atoms with Crippen molar-refractivity contribution in [1.82, 2.24) is 0 Å². The van der Waals surface area contributed by atoms with Crippen molar-refractivity contribution in [3.8, 4) is 45.6 Å². The minimum absolute atomic E-state index is 0.494. The smallest absolute Gasteiger partial charge is 0.203 e. The predicted octanol–water partition coefficient (Wildman–Crippen LogP) is 5.16. The van der Waals surface area contributed by atoms with Gasteiger partial charge in [-0.1, -0.05) is 60.7 Å². The molecule has 0 amide bonds. The Balaban J connectivity index is 2.17. The monoisotopic (exact) mass is 518 g/mol. The molecule has 7 heteroatoms. The second-order valence-corrected chi connectivity index (χ2v) is 10.1. The van der Waals surface area contributed by atoms with Crippen LogP contribution in [0.2, 0.25) is 0 Å². The summed E-state index contributed by atoms with van der Waals surface area (Å²) >= 11 is 0. The summed E-state index contributed by atoms with van der Waals surface area (Å²) in [6, 6.07) is 26.7. The first-order valence-electron chi connectivity index (χ1n) is 11.7. The van der Waals surface area contributed by atoms with Crippen molar-refractivity contribution in [3.63, 3.8) is 0 Å². The summed E-state index contributed by atoms with van der Waals surface area (Å²) in [5, 5.41) is 3.38. The molecule has 0 unspecified atom stereocenters. The van der Waals surface area contributed by atoms with E-state index in [0.717, 1.165) is 16.4 Å². The van der Waals surface area contributed by atoms with Gasteiger partial charge in [-0.2, -0.15) is 0 Å². The molecule has 4 aromatic carbocycles. The average molecular weight is 519 g/mol. The summed E-state index contributed by atoms with van der Waals surface area (Å²) in [6.45, 7) is 0. The van der Waals surface area contributed by atoms with Crippen LogP contribution in [0.25, 0.3) is 11.1 Å². The zero-order valence-corrected chi connectivity index (χ0v) is 22.8. The zero-order valence-electron chi connectivity index (χ0n) is 21.9. The molecule has 4 rings (SSSR count). The Bertz CT molecular complexity index is 1300. The lowest BCUT2D eigenvalue weighted by Gasteiger charge is -2.27. The summed E-state index contributed by atoms with van der Waals surface area (Å²) < 4.78 is 34.8. The van der Waals surface area contributed by atoms with Crippen LogP contribution in [0.5, 0.6) is 34.5 Å². The second-order valence-electron chi connectivity index (χ2n) is 7.93.